The van der Waals surface area contributed by atoms with Gasteiger partial charge in [-0.1, -0.05) is 12.0 Å². The molecule has 0 aliphatic carbocycles. The van der Waals surface area contributed by atoms with Crippen molar-refractivity contribution in [2.45, 2.75) is 6.54 Å². The number of nitrogens with one attached hydrogen (secondary N) is 2. The molecule has 2 N–H and O–H groups in total. The molecule has 3 aromatic heterocycles. The van der Waals surface area contributed by atoms with Crippen LogP contribution in [0.15, 0.2) is 55.0 Å². The fraction of sp³-hybridized carbons (Fsp3) is 0.222. The van der Waals surface area contributed by atoms with E-state index in [1.54, 1.807) is 30.0 Å². The first-order valence-electron chi connectivity index (χ1n) is 12.1. The zero-order valence-corrected chi connectivity index (χ0v) is 22.5. The van der Waals surface area contributed by atoms with E-state index in [0.29, 0.717) is 45.8 Å². The normalized spacial score (nSPS) is 11.4. The number of imidazole rings is 1. The molecule has 0 aliphatic heterocycles. The van der Waals surface area contributed by atoms with Gasteiger partial charge in [-0.25, -0.2) is 15.0 Å². The summed E-state index contributed by atoms with van der Waals surface area (Å²) in [6.07, 6.45) is 11.6. The van der Waals surface area contributed by atoms with Crippen LogP contribution in [0.4, 0.5) is 23.1 Å². The van der Waals surface area contributed by atoms with E-state index in [4.69, 9.17) is 11.2 Å². The van der Waals surface area contributed by atoms with Gasteiger partial charge >= 0.3 is 11.8 Å². The quantitative estimate of drug-likeness (QED) is 0.101. The summed E-state index contributed by atoms with van der Waals surface area (Å²) < 4.78 is 7.00. The van der Waals surface area contributed by atoms with Gasteiger partial charge in [0.05, 0.1) is 39.5 Å². The molecule has 40 heavy (non-hydrogen) atoms. The lowest BCUT2D eigenvalue weighted by molar-refractivity contribution is -0.898. The van der Waals surface area contributed by atoms with Gasteiger partial charge in [-0.15, -0.1) is 6.42 Å². The number of anilines is 3. The predicted molar refractivity (Wildman–Crippen MR) is 150 cm³/mol. The Morgan fingerprint density at radius 1 is 1.27 bits per heavy atom. The Hall–Kier alpha value is -5.35. The number of likely N-dealkylation sites (N-methyl/N-ethyl adjacent to an activating group) is 1. The van der Waals surface area contributed by atoms with E-state index in [-0.39, 0.29) is 17.7 Å². The van der Waals surface area contributed by atoms with Crippen molar-refractivity contribution in [2.75, 3.05) is 38.4 Å². The third-order valence-electron chi connectivity index (χ3n) is 6.02. The van der Waals surface area contributed by atoms with Gasteiger partial charge in [0.15, 0.2) is 5.69 Å². The van der Waals surface area contributed by atoms with Crippen LogP contribution in [0, 0.1) is 22.5 Å². The van der Waals surface area contributed by atoms with Crippen LogP contribution in [0.1, 0.15) is 11.3 Å². The second-order valence-electron chi connectivity index (χ2n) is 9.51. The number of amides is 1. The Labute approximate surface area is 230 Å². The average molecular weight is 543 g/mol. The molecule has 13 heteroatoms. The van der Waals surface area contributed by atoms with Crippen molar-refractivity contribution in [3.05, 3.63) is 76.4 Å². The van der Waals surface area contributed by atoms with Crippen molar-refractivity contribution in [3.8, 4) is 18.4 Å². The number of pyridine rings is 1. The summed E-state index contributed by atoms with van der Waals surface area (Å²) in [5.41, 5.74) is 2.50. The molecule has 0 saturated carbocycles. The van der Waals surface area contributed by atoms with Crippen molar-refractivity contribution < 1.29 is 18.9 Å². The van der Waals surface area contributed by atoms with Crippen LogP contribution in [-0.4, -0.2) is 67.6 Å². The number of aromatic nitrogens is 5. The van der Waals surface area contributed by atoms with Gasteiger partial charge in [-0.2, -0.15) is 0 Å². The van der Waals surface area contributed by atoms with Crippen LogP contribution in [0.25, 0.3) is 10.9 Å². The predicted octanol–water partition coefficient (Wildman–Crippen LogP) is 3.17. The third-order valence-corrected chi connectivity index (χ3v) is 6.02. The molecule has 0 radical (unpaired) electrons. The number of hydrogen-bond acceptors (Lipinski definition) is 9. The number of hydrogen-bond donors (Lipinski definition) is 2. The van der Waals surface area contributed by atoms with E-state index >= 15 is 0 Å². The molecule has 13 nitrogen and oxygen atoms in total. The third kappa shape index (κ3) is 6.37. The number of carbonyl (C=O) groups excluding carboxylic acids is 1. The molecule has 0 unspecified atom stereocenters. The van der Waals surface area contributed by atoms with Gasteiger partial charge in [0.25, 0.3) is 0 Å². The molecule has 0 saturated heterocycles. The van der Waals surface area contributed by atoms with Crippen LogP contribution in [-0.2, 0) is 18.4 Å². The van der Waals surface area contributed by atoms with Gasteiger partial charge in [-0.05, 0) is 35.3 Å². The first-order valence-corrected chi connectivity index (χ1v) is 12.1. The maximum Gasteiger partial charge on any atom is 0.414 e. The maximum absolute atomic E-state index is 12.6. The highest BCUT2D eigenvalue weighted by molar-refractivity contribution is 6.00. The van der Waals surface area contributed by atoms with Crippen molar-refractivity contribution in [1.82, 2.24) is 24.5 Å². The molecule has 3 heterocycles. The molecular weight excluding hydrogens is 514 g/mol. The highest BCUT2D eigenvalue weighted by atomic mass is 16.6. The first kappa shape index (κ1) is 27.7. The molecule has 0 fully saturated rings. The largest absolute Gasteiger partial charge is 0.449 e. The van der Waals surface area contributed by atoms with Gasteiger partial charge in [0, 0.05) is 34.7 Å². The highest BCUT2D eigenvalue weighted by Crippen LogP contribution is 2.26. The summed E-state index contributed by atoms with van der Waals surface area (Å²) in [4.78, 5) is 40.4. The fourth-order valence-electron chi connectivity index (χ4n) is 4.03. The maximum atomic E-state index is 12.6. The smallest absolute Gasteiger partial charge is 0.414 e. The van der Waals surface area contributed by atoms with Gasteiger partial charge in [0.1, 0.15) is 24.5 Å². The van der Waals surface area contributed by atoms with Crippen LogP contribution < -0.4 is 15.4 Å². The van der Waals surface area contributed by atoms with E-state index in [1.165, 1.54) is 19.5 Å². The Kier molecular flexibility index (Phi) is 8.02. The zero-order chi connectivity index (χ0) is 28.9. The van der Waals surface area contributed by atoms with E-state index in [2.05, 4.69) is 36.5 Å². The molecule has 0 bridgehead atoms. The van der Waals surface area contributed by atoms with Gasteiger partial charge in [-0.3, -0.25) is 9.36 Å². The summed E-state index contributed by atoms with van der Waals surface area (Å²) in [6, 6.07) is 9.20. The Morgan fingerprint density at radius 2 is 2.08 bits per heavy atom. The Balaban J connectivity index is 1.44. The summed E-state index contributed by atoms with van der Waals surface area (Å²) in [5, 5.41) is 18.1. The van der Waals surface area contributed by atoms with Crippen LogP contribution in [0.2, 0.25) is 0 Å². The summed E-state index contributed by atoms with van der Waals surface area (Å²) in [5.74, 6) is 2.82. The van der Waals surface area contributed by atoms with Crippen molar-refractivity contribution >= 4 is 40.0 Å². The lowest BCUT2D eigenvalue weighted by Crippen LogP contribution is -2.39. The number of quaternary nitrogens is 1. The number of ether oxygens (including phenoxy) is 1. The summed E-state index contributed by atoms with van der Waals surface area (Å²) in [6.45, 7) is 0.712. The van der Waals surface area contributed by atoms with E-state index < -0.39 is 4.92 Å². The molecular formula is C27H28N9O4+. The Morgan fingerprint density at radius 3 is 2.80 bits per heavy atom. The van der Waals surface area contributed by atoms with Crippen LogP contribution >= 0.6 is 0 Å². The average Bonchev–Trinajstić information content (AvgIpc) is 3.23. The van der Waals surface area contributed by atoms with Crippen LogP contribution in [0.5, 0.6) is 6.01 Å². The number of terminal acetylenes is 1. The molecule has 4 rings (SSSR count). The molecule has 0 atom stereocenters. The number of nitrogens with zero attached hydrogens (tertiary/aromatic N) is 7. The molecule has 204 valence electrons. The number of fused-ring (bicyclic) bond motifs is 1. The van der Waals surface area contributed by atoms with Crippen molar-refractivity contribution in [1.29, 1.82) is 0 Å². The number of benzene rings is 1. The van der Waals surface area contributed by atoms with Crippen molar-refractivity contribution in [3.63, 3.8) is 0 Å². The number of methoxy groups -OCH3 is 1. The van der Waals surface area contributed by atoms with E-state index in [0.717, 1.165) is 11.3 Å². The first-order chi connectivity index (χ1) is 19.1. The van der Waals surface area contributed by atoms with E-state index in [9.17, 15) is 14.9 Å². The summed E-state index contributed by atoms with van der Waals surface area (Å²) in [7, 11) is 6.85. The zero-order valence-electron chi connectivity index (χ0n) is 22.5. The Bertz CT molecular complexity index is 1650. The highest BCUT2D eigenvalue weighted by Gasteiger charge is 2.31. The minimum absolute atomic E-state index is 0.157. The second-order valence-corrected chi connectivity index (χ2v) is 9.51. The van der Waals surface area contributed by atoms with Gasteiger partial charge < -0.3 is 30.0 Å². The lowest BCUT2D eigenvalue weighted by atomic mass is 10.2. The molecule has 4 aromatic rings. The van der Waals surface area contributed by atoms with Crippen LogP contribution in [0.3, 0.4) is 0 Å². The number of nitro groups is 1. The monoisotopic (exact) mass is 542 g/mol. The SMILES string of the molecule is C#Cc1cccc(Nc2ncnc3cnc(NC(=O)/C=C/C[N+](C)(C)Cc4c([N+](=O)[O-])nc(OC)n4C)cc23)c1. The topological polar surface area (TPSA) is 150 Å². The molecule has 1 amide bonds. The van der Waals surface area contributed by atoms with Crippen molar-refractivity contribution in [2.24, 2.45) is 7.05 Å². The minimum atomic E-state index is -0.530. The second kappa shape index (κ2) is 11.6. The number of carbonyl (C=O) groups is 1. The molecule has 1 aromatic carbocycles. The lowest BCUT2D eigenvalue weighted by Gasteiger charge is -2.27. The molecule has 0 aliphatic rings. The number of rotatable bonds is 10. The fourth-order valence-corrected chi connectivity index (χ4v) is 4.03. The molecule has 0 spiro atoms. The minimum Gasteiger partial charge on any atom is -0.449 e. The van der Waals surface area contributed by atoms with Gasteiger partial charge in [0.2, 0.25) is 5.91 Å². The van der Waals surface area contributed by atoms with E-state index in [1.807, 2.05) is 38.4 Å². The standard InChI is InChI=1S/C27H27N9O4/c1-6-18-9-7-10-19(13-18)31-25-20-14-23(28-15-21(20)29-17-30-25)32-24(37)11-8-12-36(3,4)16-22-26(35(38)39)33-27(40-5)34(22)2/h1,7-11,13-15,17H,12,16H2,2-5H3,(H-,28,29,30,31,32,37)/p+1/b11-8+. The summed E-state index contributed by atoms with van der Waals surface area (Å²) >= 11 is 0.